The van der Waals surface area contributed by atoms with Crippen molar-refractivity contribution in [2.24, 2.45) is 0 Å². The zero-order valence-corrected chi connectivity index (χ0v) is 18.6. The zero-order valence-electron chi connectivity index (χ0n) is 17.7. The Hall–Kier alpha value is -1.93. The van der Waals surface area contributed by atoms with Crippen LogP contribution in [0.2, 0.25) is 0 Å². The van der Waals surface area contributed by atoms with Gasteiger partial charge >= 0.3 is 0 Å². The number of sulfonamides is 1. The Bertz CT molecular complexity index is 921. The molecule has 0 bridgehead atoms. The second-order valence-corrected chi connectivity index (χ2v) is 9.59. The maximum absolute atomic E-state index is 13.0. The smallest absolute Gasteiger partial charge is 0.241 e. The van der Waals surface area contributed by atoms with Crippen LogP contribution in [0.25, 0.3) is 0 Å². The average molecular weight is 419 g/mol. The van der Waals surface area contributed by atoms with E-state index < -0.39 is 10.0 Å². The molecule has 158 valence electrons. The molecule has 1 fully saturated rings. The Morgan fingerprint density at radius 1 is 1.07 bits per heavy atom. The largest absolute Gasteiger partial charge is 0.378 e. The molecule has 6 nitrogen and oxygen atoms in total. The van der Waals surface area contributed by atoms with Gasteiger partial charge in [0.2, 0.25) is 10.0 Å². The monoisotopic (exact) mass is 418 g/mol. The molecule has 1 aliphatic rings. The Balaban J connectivity index is 1.84. The fourth-order valence-corrected chi connectivity index (χ4v) is 5.13. The quantitative estimate of drug-likeness (QED) is 0.712. The molecule has 0 aromatic heterocycles. The topological polar surface area (TPSA) is 63.1 Å². The Labute approximate surface area is 174 Å². The van der Waals surface area contributed by atoms with Gasteiger partial charge in [0.25, 0.3) is 0 Å². The second-order valence-electron chi connectivity index (χ2n) is 7.86. The first kappa shape index (κ1) is 21.8. The molecule has 29 heavy (non-hydrogen) atoms. The molecule has 1 heterocycles. The minimum atomic E-state index is -3.58. The second kappa shape index (κ2) is 9.26. The van der Waals surface area contributed by atoms with Crippen LogP contribution >= 0.6 is 0 Å². The SMILES string of the molecule is Cc1cccc(S(=O)(=O)NC[C@@H](c2ccc(N(C)C)cc2)[NH+]2CCOCC2)c1C. The van der Waals surface area contributed by atoms with Gasteiger partial charge in [-0.15, -0.1) is 0 Å². The molecule has 3 rings (SSSR count). The lowest BCUT2D eigenvalue weighted by Crippen LogP contribution is -3.15. The lowest BCUT2D eigenvalue weighted by atomic mass is 10.0. The number of rotatable bonds is 7. The summed E-state index contributed by atoms with van der Waals surface area (Å²) in [5, 5.41) is 0. The molecule has 2 aromatic carbocycles. The highest BCUT2D eigenvalue weighted by molar-refractivity contribution is 7.89. The van der Waals surface area contributed by atoms with Gasteiger partial charge in [0, 0.05) is 25.3 Å². The van der Waals surface area contributed by atoms with E-state index >= 15 is 0 Å². The van der Waals surface area contributed by atoms with Crippen molar-refractivity contribution in [1.82, 2.24) is 4.72 Å². The van der Waals surface area contributed by atoms with Crippen LogP contribution in [0.3, 0.4) is 0 Å². The van der Waals surface area contributed by atoms with E-state index in [0.717, 1.165) is 35.5 Å². The predicted molar refractivity (Wildman–Crippen MR) is 116 cm³/mol. The van der Waals surface area contributed by atoms with Crippen molar-refractivity contribution in [3.63, 3.8) is 0 Å². The van der Waals surface area contributed by atoms with Crippen LogP contribution in [0, 0.1) is 13.8 Å². The highest BCUT2D eigenvalue weighted by atomic mass is 32.2. The highest BCUT2D eigenvalue weighted by Gasteiger charge is 2.29. The summed E-state index contributed by atoms with van der Waals surface area (Å²) in [6.07, 6.45) is 0. The summed E-state index contributed by atoms with van der Waals surface area (Å²) in [6, 6.07) is 13.8. The standard InChI is InChI=1S/C22H31N3O3S/c1-17-6-5-7-22(18(17)2)29(26,27)23-16-21(25-12-14-28-15-13-25)19-8-10-20(11-9-19)24(3)4/h5-11,21,23H,12-16H2,1-4H3/p+1/t21-/m0/s1. The molecule has 0 aliphatic carbocycles. The molecular formula is C22H32N3O3S+. The van der Waals surface area contributed by atoms with Gasteiger partial charge in [0.05, 0.1) is 24.7 Å². The van der Waals surface area contributed by atoms with Gasteiger partial charge in [-0.05, 0) is 43.2 Å². The van der Waals surface area contributed by atoms with Gasteiger partial charge in [-0.2, -0.15) is 0 Å². The van der Waals surface area contributed by atoms with Crippen molar-refractivity contribution < 1.29 is 18.1 Å². The third kappa shape index (κ3) is 5.17. The van der Waals surface area contributed by atoms with Gasteiger partial charge in [0.1, 0.15) is 19.1 Å². The molecule has 1 saturated heterocycles. The van der Waals surface area contributed by atoms with E-state index in [2.05, 4.69) is 33.9 Å². The molecule has 2 N–H and O–H groups in total. The van der Waals surface area contributed by atoms with E-state index in [1.165, 1.54) is 4.90 Å². The van der Waals surface area contributed by atoms with Gasteiger partial charge < -0.3 is 14.5 Å². The van der Waals surface area contributed by atoms with Gasteiger partial charge in [0.15, 0.2) is 0 Å². The minimum Gasteiger partial charge on any atom is -0.378 e. The number of aryl methyl sites for hydroxylation is 1. The lowest BCUT2D eigenvalue weighted by molar-refractivity contribution is -0.937. The molecule has 0 amide bonds. The molecule has 1 atom stereocenters. The molecular weight excluding hydrogens is 386 g/mol. The van der Waals surface area contributed by atoms with Crippen LogP contribution < -0.4 is 14.5 Å². The number of hydrogen-bond acceptors (Lipinski definition) is 4. The van der Waals surface area contributed by atoms with Crippen molar-refractivity contribution in [1.29, 1.82) is 0 Å². The fraction of sp³-hybridized carbons (Fsp3) is 0.455. The molecule has 0 saturated carbocycles. The molecule has 0 radical (unpaired) electrons. The molecule has 0 spiro atoms. The van der Waals surface area contributed by atoms with E-state index in [0.29, 0.717) is 24.7 Å². The lowest BCUT2D eigenvalue weighted by Gasteiger charge is -2.32. The first-order valence-electron chi connectivity index (χ1n) is 10.0. The highest BCUT2D eigenvalue weighted by Crippen LogP contribution is 2.20. The maximum Gasteiger partial charge on any atom is 0.241 e. The van der Waals surface area contributed by atoms with Gasteiger partial charge in [-0.1, -0.05) is 24.3 Å². The third-order valence-corrected chi connectivity index (χ3v) is 7.33. The first-order chi connectivity index (χ1) is 13.8. The van der Waals surface area contributed by atoms with Crippen LogP contribution in [0.5, 0.6) is 0 Å². The maximum atomic E-state index is 13.0. The molecule has 1 aliphatic heterocycles. The average Bonchev–Trinajstić information content (AvgIpc) is 2.71. The van der Waals surface area contributed by atoms with E-state index in [-0.39, 0.29) is 6.04 Å². The Morgan fingerprint density at radius 2 is 1.72 bits per heavy atom. The van der Waals surface area contributed by atoms with Crippen LogP contribution in [-0.4, -0.2) is 55.4 Å². The summed E-state index contributed by atoms with van der Waals surface area (Å²) in [6.45, 7) is 7.27. The third-order valence-electron chi connectivity index (χ3n) is 5.76. The predicted octanol–water partition coefficient (Wildman–Crippen LogP) is 1.30. The summed E-state index contributed by atoms with van der Waals surface area (Å²) in [5.74, 6) is 0. The van der Waals surface area contributed by atoms with E-state index in [9.17, 15) is 8.42 Å². The number of anilines is 1. The van der Waals surface area contributed by atoms with Crippen LogP contribution in [0.1, 0.15) is 22.7 Å². The molecule has 2 aromatic rings. The van der Waals surface area contributed by atoms with E-state index in [1.807, 2.05) is 34.0 Å². The van der Waals surface area contributed by atoms with E-state index in [1.54, 1.807) is 12.1 Å². The fourth-order valence-electron chi connectivity index (χ4n) is 3.77. The van der Waals surface area contributed by atoms with Gasteiger partial charge in [-0.25, -0.2) is 13.1 Å². The van der Waals surface area contributed by atoms with E-state index in [4.69, 9.17) is 4.74 Å². The first-order valence-corrected chi connectivity index (χ1v) is 11.5. The Morgan fingerprint density at radius 3 is 2.34 bits per heavy atom. The minimum absolute atomic E-state index is 0.0370. The zero-order chi connectivity index (χ0) is 21.0. The summed E-state index contributed by atoms with van der Waals surface area (Å²) in [5.41, 5.74) is 4.03. The number of hydrogen-bond donors (Lipinski definition) is 2. The molecule has 7 heteroatoms. The van der Waals surface area contributed by atoms with Crippen molar-refractivity contribution in [2.75, 3.05) is 51.8 Å². The van der Waals surface area contributed by atoms with Crippen molar-refractivity contribution in [2.45, 2.75) is 24.8 Å². The van der Waals surface area contributed by atoms with Crippen molar-refractivity contribution in [3.8, 4) is 0 Å². The normalized spacial score (nSPS) is 16.6. The number of ether oxygens (including phenoxy) is 1. The number of nitrogens with zero attached hydrogens (tertiary/aromatic N) is 1. The Kier molecular flexibility index (Phi) is 6.95. The van der Waals surface area contributed by atoms with Crippen molar-refractivity contribution >= 4 is 15.7 Å². The number of morpholine rings is 1. The number of nitrogens with one attached hydrogen (secondary N) is 2. The van der Waals surface area contributed by atoms with Crippen LogP contribution in [0.15, 0.2) is 47.4 Å². The summed E-state index contributed by atoms with van der Waals surface area (Å²) < 4.78 is 34.4. The van der Waals surface area contributed by atoms with Crippen LogP contribution in [-0.2, 0) is 14.8 Å². The summed E-state index contributed by atoms with van der Waals surface area (Å²) >= 11 is 0. The summed E-state index contributed by atoms with van der Waals surface area (Å²) in [4.78, 5) is 3.76. The summed E-state index contributed by atoms with van der Waals surface area (Å²) in [7, 11) is 0.444. The number of quaternary nitrogens is 1. The van der Waals surface area contributed by atoms with Crippen LogP contribution in [0.4, 0.5) is 5.69 Å². The molecule has 0 unspecified atom stereocenters. The van der Waals surface area contributed by atoms with Gasteiger partial charge in [-0.3, -0.25) is 0 Å². The number of benzene rings is 2. The van der Waals surface area contributed by atoms with Crippen molar-refractivity contribution in [3.05, 3.63) is 59.2 Å².